The van der Waals surface area contributed by atoms with Crippen LogP contribution in [0.2, 0.25) is 0 Å². The first-order valence-corrected chi connectivity index (χ1v) is 7.15. The molecule has 1 N–H and O–H groups in total. The first-order valence-electron chi connectivity index (χ1n) is 6.36. The minimum absolute atomic E-state index is 0.182. The van der Waals surface area contributed by atoms with Crippen LogP contribution in [0.4, 0.5) is 15.4 Å². The van der Waals surface area contributed by atoms with Gasteiger partial charge in [-0.05, 0) is 57.5 Å². The number of aromatic nitrogens is 2. The third-order valence-electron chi connectivity index (χ3n) is 1.86. The molecule has 118 valence electrons. The van der Waals surface area contributed by atoms with Crippen molar-refractivity contribution in [1.29, 1.82) is 0 Å². The minimum atomic E-state index is -0.649. The molecule has 1 amide bonds. The summed E-state index contributed by atoms with van der Waals surface area (Å²) in [5.74, 6) is 0.182. The molecule has 1 aromatic heterocycles. The third kappa shape index (κ3) is 6.16. The fourth-order valence-corrected chi connectivity index (χ4v) is 1.70. The van der Waals surface area contributed by atoms with Crippen molar-refractivity contribution in [3.63, 3.8) is 0 Å². The molecule has 0 aromatic carbocycles. The Bertz CT molecular complexity index is 541. The first kappa shape index (κ1) is 17.5. The summed E-state index contributed by atoms with van der Waals surface area (Å²) in [4.78, 5) is 23.5. The number of hydrogen-bond donors (Lipinski definition) is 1. The Kier molecular flexibility index (Phi) is 5.03. The van der Waals surface area contributed by atoms with E-state index in [4.69, 9.17) is 9.47 Å². The number of hydrogen-bond acceptors (Lipinski definition) is 5. The monoisotopic (exact) mass is 361 g/mol. The summed E-state index contributed by atoms with van der Waals surface area (Å²) < 4.78 is 11.7. The van der Waals surface area contributed by atoms with E-state index < -0.39 is 23.4 Å². The largest absolute Gasteiger partial charge is 0.444 e. The first-order chi connectivity index (χ1) is 9.37. The Labute approximate surface area is 132 Å². The summed E-state index contributed by atoms with van der Waals surface area (Å²) in [6.07, 6.45) is -1.30. The van der Waals surface area contributed by atoms with Gasteiger partial charge in [-0.15, -0.1) is 5.10 Å². The van der Waals surface area contributed by atoms with E-state index in [0.717, 1.165) is 4.68 Å². The van der Waals surface area contributed by atoms with Gasteiger partial charge in [0.2, 0.25) is 0 Å². The summed E-state index contributed by atoms with van der Waals surface area (Å²) in [7, 11) is 0. The predicted molar refractivity (Wildman–Crippen MR) is 81.4 cm³/mol. The van der Waals surface area contributed by atoms with E-state index >= 15 is 0 Å². The van der Waals surface area contributed by atoms with Crippen LogP contribution < -0.4 is 5.32 Å². The van der Waals surface area contributed by atoms with E-state index in [1.807, 2.05) is 0 Å². The summed E-state index contributed by atoms with van der Waals surface area (Å²) in [5, 5.41) is 6.39. The zero-order valence-corrected chi connectivity index (χ0v) is 14.6. The van der Waals surface area contributed by atoms with Crippen molar-refractivity contribution in [2.75, 3.05) is 5.32 Å². The second-order valence-corrected chi connectivity index (χ2v) is 7.18. The fourth-order valence-electron chi connectivity index (χ4n) is 1.26. The van der Waals surface area contributed by atoms with Crippen molar-refractivity contribution in [2.45, 2.75) is 52.7 Å². The van der Waals surface area contributed by atoms with Crippen molar-refractivity contribution < 1.29 is 19.1 Å². The van der Waals surface area contributed by atoms with Gasteiger partial charge in [0.1, 0.15) is 15.8 Å². The average molecular weight is 362 g/mol. The van der Waals surface area contributed by atoms with Crippen LogP contribution in [-0.4, -0.2) is 33.2 Å². The van der Waals surface area contributed by atoms with Gasteiger partial charge in [-0.2, -0.15) is 4.68 Å². The number of carbonyl (C=O) groups is 2. The second kappa shape index (κ2) is 6.05. The fraction of sp³-hybridized carbons (Fsp3) is 0.615. The molecule has 7 nitrogen and oxygen atoms in total. The van der Waals surface area contributed by atoms with Gasteiger partial charge in [0.05, 0.1) is 0 Å². The highest BCUT2D eigenvalue weighted by Gasteiger charge is 2.22. The second-order valence-electron chi connectivity index (χ2n) is 6.37. The quantitative estimate of drug-likeness (QED) is 0.822. The summed E-state index contributed by atoms with van der Waals surface area (Å²) >= 11 is 3.18. The Balaban J connectivity index is 2.79. The Morgan fingerprint density at radius 1 is 1.14 bits per heavy atom. The van der Waals surface area contributed by atoms with Crippen LogP contribution in [0, 0.1) is 0 Å². The van der Waals surface area contributed by atoms with Gasteiger partial charge in [0, 0.05) is 6.07 Å². The molecule has 21 heavy (non-hydrogen) atoms. The smallest absolute Gasteiger partial charge is 0.436 e. The molecule has 0 aliphatic rings. The molecule has 8 heteroatoms. The summed E-state index contributed by atoms with van der Waals surface area (Å²) in [6.45, 7) is 10.5. The number of amides is 1. The molecule has 0 spiro atoms. The normalized spacial score (nSPS) is 12.0. The predicted octanol–water partition coefficient (Wildman–Crippen LogP) is 3.78. The van der Waals surface area contributed by atoms with Crippen LogP contribution >= 0.6 is 15.9 Å². The van der Waals surface area contributed by atoms with E-state index in [2.05, 4.69) is 26.3 Å². The number of anilines is 1. The molecule has 0 atom stereocenters. The van der Waals surface area contributed by atoms with Crippen LogP contribution in [0.25, 0.3) is 0 Å². The molecule has 0 aliphatic carbocycles. The number of halogens is 1. The van der Waals surface area contributed by atoms with Gasteiger partial charge in [-0.1, -0.05) is 0 Å². The molecule has 1 heterocycles. The lowest BCUT2D eigenvalue weighted by Crippen LogP contribution is -2.28. The highest BCUT2D eigenvalue weighted by Crippen LogP contribution is 2.19. The van der Waals surface area contributed by atoms with Gasteiger partial charge in [-0.25, -0.2) is 9.59 Å². The summed E-state index contributed by atoms with van der Waals surface area (Å²) in [6, 6.07) is 1.48. The van der Waals surface area contributed by atoms with Gasteiger partial charge in [0.25, 0.3) is 0 Å². The zero-order chi connectivity index (χ0) is 16.4. The number of ether oxygens (including phenoxy) is 2. The Morgan fingerprint density at radius 3 is 2.14 bits per heavy atom. The third-order valence-corrected chi connectivity index (χ3v) is 2.43. The zero-order valence-electron chi connectivity index (χ0n) is 13.0. The topological polar surface area (TPSA) is 82.5 Å². The molecule has 0 saturated heterocycles. The molecular weight excluding hydrogens is 342 g/mol. The average Bonchev–Trinajstić information content (AvgIpc) is 2.53. The Hall–Kier alpha value is -1.57. The van der Waals surface area contributed by atoms with Crippen molar-refractivity contribution in [1.82, 2.24) is 9.78 Å². The van der Waals surface area contributed by atoms with E-state index in [-0.39, 0.29) is 5.82 Å². The summed E-state index contributed by atoms with van der Waals surface area (Å²) in [5.41, 5.74) is -1.25. The molecule has 0 aliphatic heterocycles. The van der Waals surface area contributed by atoms with E-state index in [0.29, 0.717) is 4.60 Å². The molecule has 0 radical (unpaired) electrons. The molecule has 0 fully saturated rings. The van der Waals surface area contributed by atoms with E-state index in [9.17, 15) is 9.59 Å². The maximum atomic E-state index is 11.9. The van der Waals surface area contributed by atoms with Crippen LogP contribution in [0.3, 0.4) is 0 Å². The number of nitrogens with zero attached hydrogens (tertiary/aromatic N) is 2. The maximum absolute atomic E-state index is 11.9. The lowest BCUT2D eigenvalue weighted by Gasteiger charge is -2.19. The SMILES string of the molecule is CC(C)(C)OC(=O)Nc1cc(Br)n(C(=O)OC(C)(C)C)n1. The van der Waals surface area contributed by atoms with Gasteiger partial charge >= 0.3 is 12.2 Å². The minimum Gasteiger partial charge on any atom is -0.444 e. The van der Waals surface area contributed by atoms with Crippen LogP contribution in [0.1, 0.15) is 41.5 Å². The lowest BCUT2D eigenvalue weighted by atomic mass is 10.2. The van der Waals surface area contributed by atoms with E-state index in [1.54, 1.807) is 41.5 Å². The lowest BCUT2D eigenvalue weighted by molar-refractivity contribution is 0.0508. The van der Waals surface area contributed by atoms with Crippen LogP contribution in [0.15, 0.2) is 10.7 Å². The standard InChI is InChI=1S/C13H20BrN3O4/c1-12(2,3)20-10(18)15-9-7-8(14)17(16-9)11(19)21-13(4,5)6/h7H,1-6H3,(H,15,16,18). The van der Waals surface area contributed by atoms with Crippen molar-refractivity contribution in [2.24, 2.45) is 0 Å². The van der Waals surface area contributed by atoms with Gasteiger partial charge in [0.15, 0.2) is 5.82 Å². The molecule has 1 aromatic rings. The van der Waals surface area contributed by atoms with Crippen molar-refractivity contribution in [3.05, 3.63) is 10.7 Å². The molecule has 0 bridgehead atoms. The van der Waals surface area contributed by atoms with Crippen molar-refractivity contribution >= 4 is 33.9 Å². The Morgan fingerprint density at radius 2 is 1.67 bits per heavy atom. The number of carbonyl (C=O) groups excluding carboxylic acids is 2. The highest BCUT2D eigenvalue weighted by molar-refractivity contribution is 9.10. The van der Waals surface area contributed by atoms with Gasteiger partial charge in [-0.3, -0.25) is 5.32 Å². The van der Waals surface area contributed by atoms with Gasteiger partial charge < -0.3 is 9.47 Å². The number of rotatable bonds is 1. The molecule has 1 rings (SSSR count). The highest BCUT2D eigenvalue weighted by atomic mass is 79.9. The molecule has 0 unspecified atom stereocenters. The van der Waals surface area contributed by atoms with Crippen LogP contribution in [0.5, 0.6) is 0 Å². The van der Waals surface area contributed by atoms with E-state index in [1.165, 1.54) is 6.07 Å². The maximum Gasteiger partial charge on any atom is 0.436 e. The van der Waals surface area contributed by atoms with Crippen molar-refractivity contribution in [3.8, 4) is 0 Å². The molecule has 0 saturated carbocycles. The number of nitrogens with one attached hydrogen (secondary N) is 1. The van der Waals surface area contributed by atoms with Crippen LogP contribution in [-0.2, 0) is 9.47 Å². The molecular formula is C13H20BrN3O4.